The van der Waals surface area contributed by atoms with Crippen LogP contribution in [0, 0.1) is 17.7 Å². The van der Waals surface area contributed by atoms with E-state index >= 15 is 0 Å². The minimum Gasteiger partial charge on any atom is -0.347 e. The highest BCUT2D eigenvalue weighted by molar-refractivity contribution is 6.30. The Labute approximate surface area is 151 Å². The second kappa shape index (κ2) is 6.94. The van der Waals surface area contributed by atoms with Gasteiger partial charge in [-0.3, -0.25) is 4.79 Å². The first-order valence-electron chi connectivity index (χ1n) is 8.03. The maximum Gasteiger partial charge on any atom is 0.392 e. The van der Waals surface area contributed by atoms with E-state index in [-0.39, 0.29) is 24.4 Å². The number of nitrogens with one attached hydrogen (secondary N) is 3. The van der Waals surface area contributed by atoms with Crippen molar-refractivity contribution in [3.8, 4) is 0 Å². The normalized spacial score (nSPS) is 26.5. The summed E-state index contributed by atoms with van der Waals surface area (Å²) >= 11 is 5.76. The molecule has 0 bridgehead atoms. The largest absolute Gasteiger partial charge is 0.392 e. The smallest absolute Gasteiger partial charge is 0.347 e. The predicted molar refractivity (Wildman–Crippen MR) is 84.9 cm³/mol. The van der Waals surface area contributed by atoms with Crippen molar-refractivity contribution in [1.29, 1.82) is 0 Å². The summed E-state index contributed by atoms with van der Waals surface area (Å²) in [7, 11) is 0. The molecule has 1 saturated heterocycles. The number of hydrogen-bond donors (Lipinski definition) is 3. The number of carbonyl (C=O) groups is 2. The van der Waals surface area contributed by atoms with Crippen molar-refractivity contribution in [2.75, 3.05) is 6.54 Å². The molecule has 2 fully saturated rings. The zero-order chi connectivity index (χ0) is 19.1. The SMILES string of the molecule is O=C1NC[C@@H](C(=O)NC(c2ccc(F)c(Cl)c2)[C@@H]2CC[C@@H]2C(F)(F)F)N1. The molecule has 1 aliphatic heterocycles. The Balaban J connectivity index is 1.85. The summed E-state index contributed by atoms with van der Waals surface area (Å²) in [5, 5.41) is 7.12. The molecule has 2 aliphatic rings. The van der Waals surface area contributed by atoms with Gasteiger partial charge in [-0.25, -0.2) is 9.18 Å². The molecular weight excluding hydrogens is 378 g/mol. The number of urea groups is 1. The molecule has 0 spiro atoms. The summed E-state index contributed by atoms with van der Waals surface area (Å²) < 4.78 is 53.0. The van der Waals surface area contributed by atoms with E-state index < -0.39 is 47.9 Å². The van der Waals surface area contributed by atoms with Gasteiger partial charge in [0.1, 0.15) is 11.9 Å². The van der Waals surface area contributed by atoms with Crippen LogP contribution < -0.4 is 16.0 Å². The molecule has 142 valence electrons. The maximum atomic E-state index is 13.4. The van der Waals surface area contributed by atoms with Crippen LogP contribution in [0.25, 0.3) is 0 Å². The highest BCUT2D eigenvalue weighted by Gasteiger charge is 2.53. The van der Waals surface area contributed by atoms with Crippen molar-refractivity contribution in [3.05, 3.63) is 34.6 Å². The zero-order valence-electron chi connectivity index (χ0n) is 13.4. The molecular formula is C16H16ClF4N3O2. The molecule has 4 atom stereocenters. The van der Waals surface area contributed by atoms with Gasteiger partial charge in [0, 0.05) is 6.54 Å². The molecule has 3 amide bonds. The van der Waals surface area contributed by atoms with Crippen LogP contribution in [0.3, 0.4) is 0 Å². The first kappa shape index (κ1) is 18.8. The number of halogens is 5. The molecule has 0 radical (unpaired) electrons. The van der Waals surface area contributed by atoms with Crippen LogP contribution in [0.2, 0.25) is 5.02 Å². The Morgan fingerprint density at radius 2 is 2.04 bits per heavy atom. The monoisotopic (exact) mass is 393 g/mol. The fourth-order valence-electron chi connectivity index (χ4n) is 3.34. The van der Waals surface area contributed by atoms with Gasteiger partial charge in [0.25, 0.3) is 0 Å². The molecule has 1 saturated carbocycles. The molecule has 1 aliphatic carbocycles. The summed E-state index contributed by atoms with van der Waals surface area (Å²) in [5.74, 6) is -3.76. The topological polar surface area (TPSA) is 70.2 Å². The number of rotatable bonds is 4. The Kier molecular flexibility index (Phi) is 5.01. The Hall–Kier alpha value is -2.03. The van der Waals surface area contributed by atoms with Gasteiger partial charge in [-0.05, 0) is 36.5 Å². The van der Waals surface area contributed by atoms with Crippen LogP contribution in [0.5, 0.6) is 0 Å². The lowest BCUT2D eigenvalue weighted by molar-refractivity contribution is -0.217. The molecule has 1 aromatic rings. The Morgan fingerprint density at radius 1 is 1.31 bits per heavy atom. The summed E-state index contributed by atoms with van der Waals surface area (Å²) in [5.41, 5.74) is 0.293. The van der Waals surface area contributed by atoms with Crippen molar-refractivity contribution in [1.82, 2.24) is 16.0 Å². The number of benzene rings is 1. The van der Waals surface area contributed by atoms with Gasteiger partial charge in [0.15, 0.2) is 0 Å². The van der Waals surface area contributed by atoms with Crippen molar-refractivity contribution >= 4 is 23.5 Å². The molecule has 10 heteroatoms. The highest BCUT2D eigenvalue weighted by Crippen LogP contribution is 2.51. The molecule has 3 N–H and O–H groups in total. The van der Waals surface area contributed by atoms with Crippen molar-refractivity contribution in [2.45, 2.75) is 31.1 Å². The van der Waals surface area contributed by atoms with Crippen LogP contribution in [0.4, 0.5) is 22.4 Å². The first-order valence-corrected chi connectivity index (χ1v) is 8.41. The third-order valence-corrected chi connectivity index (χ3v) is 5.16. The van der Waals surface area contributed by atoms with Crippen molar-refractivity contribution < 1.29 is 27.2 Å². The van der Waals surface area contributed by atoms with Crippen LogP contribution >= 0.6 is 11.6 Å². The lowest BCUT2D eigenvalue weighted by Gasteiger charge is -2.43. The van der Waals surface area contributed by atoms with Gasteiger partial charge in [-0.15, -0.1) is 0 Å². The van der Waals surface area contributed by atoms with Gasteiger partial charge in [0.2, 0.25) is 5.91 Å². The fourth-order valence-corrected chi connectivity index (χ4v) is 3.53. The summed E-state index contributed by atoms with van der Waals surface area (Å²) in [6.45, 7) is 0.0366. The van der Waals surface area contributed by atoms with Crippen LogP contribution in [-0.4, -0.2) is 30.7 Å². The molecule has 1 unspecified atom stereocenters. The zero-order valence-corrected chi connectivity index (χ0v) is 14.1. The van der Waals surface area contributed by atoms with Crippen LogP contribution in [0.15, 0.2) is 18.2 Å². The van der Waals surface area contributed by atoms with Crippen molar-refractivity contribution in [2.24, 2.45) is 11.8 Å². The highest BCUT2D eigenvalue weighted by atomic mass is 35.5. The Morgan fingerprint density at radius 3 is 2.54 bits per heavy atom. The van der Waals surface area contributed by atoms with E-state index in [2.05, 4.69) is 16.0 Å². The average molecular weight is 394 g/mol. The van der Waals surface area contributed by atoms with Gasteiger partial charge < -0.3 is 16.0 Å². The minimum absolute atomic E-state index is 0.0306. The first-order chi connectivity index (χ1) is 12.2. The number of alkyl halides is 3. The lowest BCUT2D eigenvalue weighted by Crippen LogP contribution is -2.50. The molecule has 5 nitrogen and oxygen atoms in total. The average Bonchev–Trinajstić information content (AvgIpc) is 2.93. The van der Waals surface area contributed by atoms with Crippen molar-refractivity contribution in [3.63, 3.8) is 0 Å². The van der Waals surface area contributed by atoms with E-state index in [0.717, 1.165) is 6.07 Å². The second-order valence-electron chi connectivity index (χ2n) is 6.46. The summed E-state index contributed by atoms with van der Waals surface area (Å²) in [6.07, 6.45) is -4.16. The third-order valence-electron chi connectivity index (χ3n) is 4.87. The fraction of sp³-hybridized carbons (Fsp3) is 0.500. The van der Waals surface area contributed by atoms with E-state index in [4.69, 9.17) is 11.6 Å². The molecule has 3 rings (SSSR count). The molecule has 26 heavy (non-hydrogen) atoms. The summed E-state index contributed by atoms with van der Waals surface area (Å²) in [6, 6.07) is 1.19. The third kappa shape index (κ3) is 3.72. The number of carbonyl (C=O) groups excluding carboxylic acids is 2. The molecule has 1 aromatic carbocycles. The van der Waals surface area contributed by atoms with Crippen LogP contribution in [0.1, 0.15) is 24.4 Å². The van der Waals surface area contributed by atoms with Crippen LogP contribution in [-0.2, 0) is 4.79 Å². The van der Waals surface area contributed by atoms with Gasteiger partial charge in [0.05, 0.1) is 17.0 Å². The summed E-state index contributed by atoms with van der Waals surface area (Å²) in [4.78, 5) is 23.5. The second-order valence-corrected chi connectivity index (χ2v) is 6.86. The quantitative estimate of drug-likeness (QED) is 0.688. The van der Waals surface area contributed by atoms with Gasteiger partial charge in [-0.1, -0.05) is 17.7 Å². The minimum atomic E-state index is -4.39. The Bertz CT molecular complexity index is 728. The van der Waals surface area contributed by atoms with E-state index in [1.807, 2.05) is 0 Å². The van der Waals surface area contributed by atoms with E-state index in [1.54, 1.807) is 0 Å². The van der Waals surface area contributed by atoms with Gasteiger partial charge in [-0.2, -0.15) is 13.2 Å². The number of hydrogen-bond acceptors (Lipinski definition) is 2. The van der Waals surface area contributed by atoms with Gasteiger partial charge >= 0.3 is 12.2 Å². The maximum absolute atomic E-state index is 13.4. The molecule has 1 heterocycles. The predicted octanol–water partition coefficient (Wildman–Crippen LogP) is 2.91. The lowest BCUT2D eigenvalue weighted by atomic mass is 9.67. The van der Waals surface area contributed by atoms with E-state index in [0.29, 0.717) is 5.56 Å². The number of amides is 3. The molecule has 0 aromatic heterocycles. The standard InChI is InChI=1S/C16H16ClF4N3O2/c17-10-5-7(1-4-11(10)18)13(8-2-3-9(8)16(19,20)21)24-14(25)12-6-22-15(26)23-12/h1,4-5,8-9,12-13H,2-3,6H2,(H,24,25)(H2,22,23,26)/t8-,9+,12+,13?/m1/s1. The van der Waals surface area contributed by atoms with E-state index in [1.165, 1.54) is 12.1 Å². The van der Waals surface area contributed by atoms with E-state index in [9.17, 15) is 27.2 Å².